The van der Waals surface area contributed by atoms with Gasteiger partial charge in [0.15, 0.2) is 0 Å². The van der Waals surface area contributed by atoms with Crippen molar-refractivity contribution in [1.82, 2.24) is 0 Å². The molecule has 0 fully saturated rings. The van der Waals surface area contributed by atoms with Crippen LogP contribution in [0.1, 0.15) is 31.2 Å². The van der Waals surface area contributed by atoms with E-state index in [1.165, 1.54) is 4.88 Å². The third-order valence-electron chi connectivity index (χ3n) is 1.71. The van der Waals surface area contributed by atoms with Gasteiger partial charge in [-0.25, -0.2) is 0 Å². The summed E-state index contributed by atoms with van der Waals surface area (Å²) in [5, 5.41) is 2.10. The maximum Gasteiger partial charge on any atom is 0.0555 e. The molecule has 0 saturated heterocycles. The van der Waals surface area contributed by atoms with E-state index in [2.05, 4.69) is 44.1 Å². The van der Waals surface area contributed by atoms with Crippen molar-refractivity contribution in [3.8, 4) is 11.8 Å². The van der Waals surface area contributed by atoms with Crippen LogP contribution in [0.4, 0.5) is 0 Å². The monoisotopic (exact) mass is 239 g/mol. The lowest BCUT2D eigenvalue weighted by molar-refractivity contribution is 0.802. The zero-order valence-electron chi connectivity index (χ0n) is 9.46. The van der Waals surface area contributed by atoms with Gasteiger partial charge in [0.25, 0.3) is 0 Å². The molecule has 1 aromatic rings. The summed E-state index contributed by atoms with van der Waals surface area (Å²) in [5.74, 6) is 7.05. The Balaban J connectivity index is 2.65. The fourth-order valence-corrected chi connectivity index (χ4v) is 2.78. The number of nitrogens with two attached hydrogens (primary N) is 1. The summed E-state index contributed by atoms with van der Waals surface area (Å²) < 4.78 is 0.308. The Morgan fingerprint density at radius 2 is 2.20 bits per heavy atom. The highest BCUT2D eigenvalue weighted by atomic mass is 32.2. The normalized spacial score (nSPS) is 10.9. The summed E-state index contributed by atoms with van der Waals surface area (Å²) in [6.45, 7) is 7.13. The van der Waals surface area contributed by atoms with Crippen LogP contribution in [-0.2, 0) is 5.75 Å². The Bertz CT molecular complexity index is 363. The highest BCUT2D eigenvalue weighted by Gasteiger charge is 2.12. The Morgan fingerprint density at radius 3 is 2.80 bits per heavy atom. The molecule has 82 valence electrons. The van der Waals surface area contributed by atoms with Gasteiger partial charge in [-0.1, -0.05) is 32.6 Å². The molecule has 3 heteroatoms. The molecule has 1 heterocycles. The average molecular weight is 239 g/mol. The lowest BCUT2D eigenvalue weighted by Gasteiger charge is -2.16. The highest BCUT2D eigenvalue weighted by molar-refractivity contribution is 7.99. The minimum Gasteiger partial charge on any atom is -0.320 e. The van der Waals surface area contributed by atoms with E-state index >= 15 is 0 Å². The molecule has 1 nitrogen and oxygen atoms in total. The maximum atomic E-state index is 5.36. The van der Waals surface area contributed by atoms with E-state index in [1.54, 1.807) is 11.3 Å². The van der Waals surface area contributed by atoms with E-state index in [4.69, 9.17) is 5.73 Å². The second-order valence-corrected chi connectivity index (χ2v) is 6.97. The van der Waals surface area contributed by atoms with Crippen LogP contribution in [0.3, 0.4) is 0 Å². The molecule has 0 atom stereocenters. The molecule has 0 saturated carbocycles. The predicted molar refractivity (Wildman–Crippen MR) is 71.3 cm³/mol. The smallest absolute Gasteiger partial charge is 0.0555 e. The summed E-state index contributed by atoms with van der Waals surface area (Å²) in [4.78, 5) is 1.36. The third-order valence-corrected chi connectivity index (χ3v) is 4.11. The molecule has 0 amide bonds. The van der Waals surface area contributed by atoms with Gasteiger partial charge in [0.2, 0.25) is 0 Å². The van der Waals surface area contributed by atoms with E-state index in [9.17, 15) is 0 Å². The number of thioether (sulfide) groups is 1. The fraction of sp³-hybridized carbons (Fsp3) is 0.500. The Labute approximate surface area is 100 Å². The van der Waals surface area contributed by atoms with E-state index in [-0.39, 0.29) is 0 Å². The van der Waals surface area contributed by atoms with Gasteiger partial charge in [0, 0.05) is 20.9 Å². The van der Waals surface area contributed by atoms with Crippen molar-refractivity contribution in [2.45, 2.75) is 31.3 Å². The zero-order valence-corrected chi connectivity index (χ0v) is 11.1. The lowest BCUT2D eigenvalue weighted by Crippen LogP contribution is -2.07. The minimum atomic E-state index is 0.308. The van der Waals surface area contributed by atoms with Gasteiger partial charge in [0.1, 0.15) is 0 Å². The Kier molecular flexibility index (Phi) is 4.72. The summed E-state index contributed by atoms with van der Waals surface area (Å²) in [6.07, 6.45) is 0. The van der Waals surface area contributed by atoms with Gasteiger partial charge in [-0.2, -0.15) is 11.8 Å². The summed E-state index contributed by atoms with van der Waals surface area (Å²) in [6, 6.07) is 2.08. The van der Waals surface area contributed by atoms with Crippen LogP contribution in [0.2, 0.25) is 0 Å². The molecule has 15 heavy (non-hydrogen) atoms. The summed E-state index contributed by atoms with van der Waals surface area (Å²) in [5.41, 5.74) is 6.50. The predicted octanol–water partition coefficient (Wildman–Crippen LogP) is 3.09. The Morgan fingerprint density at radius 1 is 1.47 bits per heavy atom. The molecule has 1 rings (SSSR count). The van der Waals surface area contributed by atoms with Crippen molar-refractivity contribution >= 4 is 23.1 Å². The molecule has 0 spiro atoms. The van der Waals surface area contributed by atoms with Gasteiger partial charge in [-0.3, -0.25) is 0 Å². The number of hydrogen-bond acceptors (Lipinski definition) is 3. The van der Waals surface area contributed by atoms with Crippen molar-refractivity contribution in [1.29, 1.82) is 0 Å². The molecule has 0 unspecified atom stereocenters. The topological polar surface area (TPSA) is 26.0 Å². The third kappa shape index (κ3) is 4.74. The lowest BCUT2D eigenvalue weighted by atomic mass is 10.2. The van der Waals surface area contributed by atoms with Crippen LogP contribution in [-0.4, -0.2) is 11.3 Å². The number of hydrogen-bond donors (Lipinski definition) is 1. The highest BCUT2D eigenvalue weighted by Crippen LogP contribution is 2.30. The van der Waals surface area contributed by atoms with Crippen LogP contribution in [0, 0.1) is 11.8 Å². The second kappa shape index (κ2) is 5.60. The quantitative estimate of drug-likeness (QED) is 0.803. The zero-order chi connectivity index (χ0) is 11.3. The second-order valence-electron chi connectivity index (χ2n) is 4.16. The van der Waals surface area contributed by atoms with Crippen molar-refractivity contribution in [3.63, 3.8) is 0 Å². The van der Waals surface area contributed by atoms with E-state index in [1.807, 2.05) is 11.8 Å². The maximum absolute atomic E-state index is 5.36. The molecule has 0 bridgehead atoms. The SMILES string of the molecule is CC(C)(C)SCc1sccc1C#CCN. The fourth-order valence-electron chi connectivity index (χ4n) is 0.992. The Hall–Kier alpha value is -0.430. The first-order valence-electron chi connectivity index (χ1n) is 4.92. The molecule has 2 N–H and O–H groups in total. The van der Waals surface area contributed by atoms with Crippen LogP contribution < -0.4 is 5.73 Å². The van der Waals surface area contributed by atoms with E-state index in [0.29, 0.717) is 11.3 Å². The van der Waals surface area contributed by atoms with Crippen molar-refractivity contribution in [3.05, 3.63) is 21.9 Å². The first kappa shape index (κ1) is 12.6. The van der Waals surface area contributed by atoms with E-state index in [0.717, 1.165) is 11.3 Å². The van der Waals surface area contributed by atoms with Crippen LogP contribution in [0.15, 0.2) is 11.4 Å². The number of rotatable bonds is 2. The molecule has 0 aliphatic rings. The molecule has 0 aromatic carbocycles. The first-order valence-corrected chi connectivity index (χ1v) is 6.79. The largest absolute Gasteiger partial charge is 0.320 e. The molecular formula is C12H17NS2. The van der Waals surface area contributed by atoms with E-state index < -0.39 is 0 Å². The van der Waals surface area contributed by atoms with Crippen LogP contribution in [0.5, 0.6) is 0 Å². The van der Waals surface area contributed by atoms with Crippen LogP contribution in [0.25, 0.3) is 0 Å². The number of thiophene rings is 1. The van der Waals surface area contributed by atoms with Crippen LogP contribution >= 0.6 is 23.1 Å². The summed E-state index contributed by atoms with van der Waals surface area (Å²) in [7, 11) is 0. The van der Waals surface area contributed by atoms with Gasteiger partial charge in [0.05, 0.1) is 6.54 Å². The molecule has 0 radical (unpaired) electrons. The van der Waals surface area contributed by atoms with Crippen molar-refractivity contribution in [2.24, 2.45) is 5.73 Å². The van der Waals surface area contributed by atoms with Crippen molar-refractivity contribution in [2.75, 3.05) is 6.54 Å². The van der Waals surface area contributed by atoms with Gasteiger partial charge >= 0.3 is 0 Å². The van der Waals surface area contributed by atoms with Gasteiger partial charge in [-0.05, 0) is 11.4 Å². The molecule has 0 aliphatic heterocycles. The van der Waals surface area contributed by atoms with Gasteiger partial charge < -0.3 is 5.73 Å². The van der Waals surface area contributed by atoms with Crippen molar-refractivity contribution < 1.29 is 0 Å². The average Bonchev–Trinajstić information content (AvgIpc) is 2.57. The minimum absolute atomic E-state index is 0.308. The molecule has 0 aliphatic carbocycles. The first-order chi connectivity index (χ1) is 7.03. The summed E-state index contributed by atoms with van der Waals surface area (Å²) >= 11 is 3.73. The standard InChI is InChI=1S/C12H17NS2/c1-12(2,3)15-9-11-10(5-4-7-13)6-8-14-11/h6,8H,7,9,13H2,1-3H3. The molecule has 1 aromatic heterocycles. The molecular weight excluding hydrogens is 222 g/mol. The van der Waals surface area contributed by atoms with Gasteiger partial charge in [-0.15, -0.1) is 11.3 Å².